The second kappa shape index (κ2) is 6.10. The largest absolute Gasteiger partial charge is 0.369 e. The summed E-state index contributed by atoms with van der Waals surface area (Å²) >= 11 is 0. The van der Waals surface area contributed by atoms with Crippen molar-refractivity contribution in [3.8, 4) is 0 Å². The fraction of sp³-hybridized carbons (Fsp3) is 0.455. The molecule has 102 valence electrons. The second-order valence-electron chi connectivity index (χ2n) is 4.31. The fourth-order valence-electron chi connectivity index (χ4n) is 1.79. The third kappa shape index (κ3) is 3.16. The van der Waals surface area contributed by atoms with Crippen molar-refractivity contribution < 1.29 is 4.52 Å². The highest BCUT2D eigenvalue weighted by Crippen LogP contribution is 2.27. The molecule has 8 nitrogen and oxygen atoms in total. The molecule has 0 aliphatic heterocycles. The number of hydrogen-bond acceptors (Lipinski definition) is 8. The van der Waals surface area contributed by atoms with Crippen LogP contribution in [0.25, 0.3) is 0 Å². The lowest BCUT2D eigenvalue weighted by molar-refractivity contribution is 0.410. The number of aromatic nitrogens is 4. The molecule has 8 heteroatoms. The molecule has 19 heavy (non-hydrogen) atoms. The summed E-state index contributed by atoms with van der Waals surface area (Å²) in [5, 5.41) is 6.99. The molecule has 0 aliphatic rings. The van der Waals surface area contributed by atoms with Crippen molar-refractivity contribution in [1.82, 2.24) is 20.1 Å². The molecule has 0 bridgehead atoms. The van der Waals surface area contributed by atoms with Gasteiger partial charge in [-0.15, -0.1) is 0 Å². The van der Waals surface area contributed by atoms with Gasteiger partial charge in [0, 0.05) is 18.5 Å². The average Bonchev–Trinajstić information content (AvgIpc) is 2.91. The number of nitrogens with zero attached hydrogens (tertiary/aromatic N) is 4. The van der Waals surface area contributed by atoms with E-state index in [0.29, 0.717) is 24.6 Å². The Hall–Kier alpha value is -2.22. The van der Waals surface area contributed by atoms with Crippen LogP contribution in [0, 0.1) is 0 Å². The predicted molar refractivity (Wildman–Crippen MR) is 70.4 cm³/mol. The van der Waals surface area contributed by atoms with Gasteiger partial charge in [-0.3, -0.25) is 0 Å². The maximum Gasteiger partial charge on any atom is 0.213 e. The molecule has 2 aromatic heterocycles. The molecule has 0 saturated heterocycles. The molecule has 0 aromatic carbocycles. The van der Waals surface area contributed by atoms with Gasteiger partial charge < -0.3 is 15.3 Å². The molecule has 4 N–H and O–H groups in total. The minimum absolute atomic E-state index is 0.250. The number of anilines is 2. The number of hydrogen-bond donors (Lipinski definition) is 3. The molecule has 0 aliphatic carbocycles. The molecule has 0 amide bonds. The Labute approximate surface area is 110 Å². The standard InChI is InChI=1S/C11H17N7O/c1-7(2)9-10(14-5-15-11(9)17-12)13-4-3-8-16-6-19-18-8/h5-7H,3-4,12H2,1-2H3,(H2,13,14,15,17). The van der Waals surface area contributed by atoms with Gasteiger partial charge in [0.2, 0.25) is 6.39 Å². The molecule has 0 saturated carbocycles. The molecule has 0 spiro atoms. The Morgan fingerprint density at radius 1 is 1.26 bits per heavy atom. The third-order valence-corrected chi connectivity index (χ3v) is 2.65. The van der Waals surface area contributed by atoms with Crippen LogP contribution >= 0.6 is 0 Å². The Kier molecular flexibility index (Phi) is 4.24. The quantitative estimate of drug-likeness (QED) is 0.520. The second-order valence-corrected chi connectivity index (χ2v) is 4.31. The van der Waals surface area contributed by atoms with E-state index in [-0.39, 0.29) is 5.92 Å². The number of nitrogen functional groups attached to an aromatic ring is 1. The summed E-state index contributed by atoms with van der Waals surface area (Å²) in [7, 11) is 0. The van der Waals surface area contributed by atoms with E-state index in [1.165, 1.54) is 12.7 Å². The third-order valence-electron chi connectivity index (χ3n) is 2.65. The monoisotopic (exact) mass is 263 g/mol. The molecular weight excluding hydrogens is 246 g/mol. The highest BCUT2D eigenvalue weighted by Gasteiger charge is 2.14. The Morgan fingerprint density at radius 2 is 2.05 bits per heavy atom. The minimum Gasteiger partial charge on any atom is -0.369 e. The zero-order valence-corrected chi connectivity index (χ0v) is 10.9. The van der Waals surface area contributed by atoms with E-state index in [9.17, 15) is 0 Å². The van der Waals surface area contributed by atoms with E-state index >= 15 is 0 Å². The van der Waals surface area contributed by atoms with Crippen LogP contribution in [0.4, 0.5) is 11.6 Å². The van der Waals surface area contributed by atoms with Crippen LogP contribution in [0.3, 0.4) is 0 Å². The van der Waals surface area contributed by atoms with Gasteiger partial charge in [-0.05, 0) is 5.92 Å². The summed E-state index contributed by atoms with van der Waals surface area (Å²) < 4.78 is 4.67. The Morgan fingerprint density at radius 3 is 2.68 bits per heavy atom. The first-order valence-electron chi connectivity index (χ1n) is 6.03. The van der Waals surface area contributed by atoms with Crippen molar-refractivity contribution >= 4 is 11.6 Å². The first-order valence-corrected chi connectivity index (χ1v) is 6.03. The number of hydrazine groups is 1. The van der Waals surface area contributed by atoms with Gasteiger partial charge in [0.15, 0.2) is 5.82 Å². The van der Waals surface area contributed by atoms with Crippen molar-refractivity contribution in [3.63, 3.8) is 0 Å². The van der Waals surface area contributed by atoms with E-state index in [4.69, 9.17) is 5.84 Å². The zero-order valence-electron chi connectivity index (χ0n) is 10.9. The smallest absolute Gasteiger partial charge is 0.213 e. The van der Waals surface area contributed by atoms with Gasteiger partial charge in [0.05, 0.1) is 0 Å². The topological polar surface area (TPSA) is 115 Å². The highest BCUT2D eigenvalue weighted by molar-refractivity contribution is 5.58. The number of nitrogens with one attached hydrogen (secondary N) is 2. The normalized spacial score (nSPS) is 10.7. The van der Waals surface area contributed by atoms with Crippen LogP contribution in [0.5, 0.6) is 0 Å². The summed E-state index contributed by atoms with van der Waals surface area (Å²) in [5.41, 5.74) is 3.55. The van der Waals surface area contributed by atoms with E-state index in [1.807, 2.05) is 0 Å². The zero-order chi connectivity index (χ0) is 13.7. The Balaban J connectivity index is 2.07. The van der Waals surface area contributed by atoms with Crippen molar-refractivity contribution in [2.75, 3.05) is 17.3 Å². The summed E-state index contributed by atoms with van der Waals surface area (Å²) in [6, 6.07) is 0. The van der Waals surface area contributed by atoms with Crippen molar-refractivity contribution in [2.45, 2.75) is 26.2 Å². The molecular formula is C11H17N7O. The van der Waals surface area contributed by atoms with Gasteiger partial charge in [0.25, 0.3) is 0 Å². The van der Waals surface area contributed by atoms with Gasteiger partial charge in [0.1, 0.15) is 18.0 Å². The number of rotatable bonds is 6. The Bertz CT molecular complexity index is 512. The summed E-state index contributed by atoms with van der Waals surface area (Å²) in [5.74, 6) is 7.77. The van der Waals surface area contributed by atoms with Crippen LogP contribution < -0.4 is 16.6 Å². The number of nitrogens with two attached hydrogens (primary N) is 1. The summed E-state index contributed by atoms with van der Waals surface area (Å²) in [4.78, 5) is 12.3. The van der Waals surface area contributed by atoms with Crippen LogP contribution in [-0.4, -0.2) is 26.7 Å². The van der Waals surface area contributed by atoms with Crippen LogP contribution in [0.1, 0.15) is 31.2 Å². The average molecular weight is 263 g/mol. The SMILES string of the molecule is CC(C)c1c(NN)ncnc1NCCc1ncon1. The molecule has 0 radical (unpaired) electrons. The first-order chi connectivity index (χ1) is 9.22. The predicted octanol–water partition coefficient (Wildman–Crippen LogP) is 0.923. The first kappa shape index (κ1) is 13.2. The van der Waals surface area contributed by atoms with Crippen LogP contribution in [0.2, 0.25) is 0 Å². The van der Waals surface area contributed by atoms with Crippen molar-refractivity contribution in [3.05, 3.63) is 24.1 Å². The minimum atomic E-state index is 0.250. The molecule has 0 atom stereocenters. The maximum atomic E-state index is 5.46. The molecule has 0 unspecified atom stereocenters. The van der Waals surface area contributed by atoms with Gasteiger partial charge >= 0.3 is 0 Å². The van der Waals surface area contributed by atoms with Crippen molar-refractivity contribution in [2.24, 2.45) is 5.84 Å². The van der Waals surface area contributed by atoms with E-state index in [2.05, 4.69) is 49.2 Å². The van der Waals surface area contributed by atoms with Crippen LogP contribution in [-0.2, 0) is 6.42 Å². The molecule has 2 rings (SSSR count). The molecule has 0 fully saturated rings. The van der Waals surface area contributed by atoms with Crippen LogP contribution in [0.15, 0.2) is 17.2 Å². The van der Waals surface area contributed by atoms with Gasteiger partial charge in [-0.25, -0.2) is 15.8 Å². The van der Waals surface area contributed by atoms with E-state index in [0.717, 1.165) is 11.4 Å². The van der Waals surface area contributed by atoms with E-state index < -0.39 is 0 Å². The lowest BCUT2D eigenvalue weighted by Crippen LogP contribution is -2.16. The maximum absolute atomic E-state index is 5.46. The fourth-order valence-corrected chi connectivity index (χ4v) is 1.79. The van der Waals surface area contributed by atoms with E-state index in [1.54, 1.807) is 0 Å². The van der Waals surface area contributed by atoms with Gasteiger partial charge in [-0.2, -0.15) is 4.98 Å². The lowest BCUT2D eigenvalue weighted by atomic mass is 10.0. The molecule has 2 heterocycles. The summed E-state index contributed by atoms with van der Waals surface area (Å²) in [6.45, 7) is 4.77. The summed E-state index contributed by atoms with van der Waals surface area (Å²) in [6.07, 6.45) is 3.44. The molecule has 2 aromatic rings. The van der Waals surface area contributed by atoms with Crippen molar-refractivity contribution in [1.29, 1.82) is 0 Å². The highest BCUT2D eigenvalue weighted by atomic mass is 16.5. The lowest BCUT2D eigenvalue weighted by Gasteiger charge is -2.16. The van der Waals surface area contributed by atoms with Gasteiger partial charge in [-0.1, -0.05) is 19.0 Å².